The fourth-order valence-electron chi connectivity index (χ4n) is 1.65. The summed E-state index contributed by atoms with van der Waals surface area (Å²) in [5.41, 5.74) is 0.713. The minimum absolute atomic E-state index is 0.0879. The molecule has 0 radical (unpaired) electrons. The van der Waals surface area contributed by atoms with Crippen LogP contribution in [0.3, 0.4) is 0 Å². The third-order valence-electron chi connectivity index (χ3n) is 2.66. The second-order valence-corrected chi connectivity index (χ2v) is 4.83. The summed E-state index contributed by atoms with van der Waals surface area (Å²) in [6, 6.07) is 0. The number of likely N-dealkylation sites (N-methyl/N-ethyl adjacent to an activating group) is 1. The van der Waals surface area contributed by atoms with Crippen LogP contribution in [-0.2, 0) is 11.3 Å². The van der Waals surface area contributed by atoms with E-state index in [0.29, 0.717) is 25.3 Å². The van der Waals surface area contributed by atoms with E-state index in [4.69, 9.17) is 5.11 Å². The molecule has 1 amide bonds. The van der Waals surface area contributed by atoms with Gasteiger partial charge in [-0.1, -0.05) is 0 Å². The van der Waals surface area contributed by atoms with Crippen molar-refractivity contribution in [1.82, 2.24) is 14.8 Å². The molecular formula is C10H13N3O3S. The highest BCUT2D eigenvalue weighted by Crippen LogP contribution is 2.13. The van der Waals surface area contributed by atoms with Crippen molar-refractivity contribution in [3.63, 3.8) is 0 Å². The molecule has 1 saturated heterocycles. The number of carboxylic acids is 1. The Kier molecular flexibility index (Phi) is 3.39. The molecule has 17 heavy (non-hydrogen) atoms. The molecule has 2 rings (SSSR count). The van der Waals surface area contributed by atoms with E-state index in [9.17, 15) is 9.59 Å². The van der Waals surface area contributed by atoms with Gasteiger partial charge in [-0.05, 0) is 0 Å². The first kappa shape index (κ1) is 12.0. The molecule has 0 aliphatic carbocycles. The van der Waals surface area contributed by atoms with Gasteiger partial charge in [0.05, 0.1) is 12.2 Å². The Hall–Kier alpha value is -1.47. The van der Waals surface area contributed by atoms with Crippen molar-refractivity contribution in [3.8, 4) is 0 Å². The van der Waals surface area contributed by atoms with Crippen LogP contribution in [0.5, 0.6) is 0 Å². The molecule has 1 fully saturated rings. The monoisotopic (exact) mass is 255 g/mol. The third-order valence-corrected chi connectivity index (χ3v) is 3.54. The zero-order valence-electron chi connectivity index (χ0n) is 9.42. The molecule has 1 aliphatic heterocycles. The van der Waals surface area contributed by atoms with E-state index in [1.165, 1.54) is 0 Å². The minimum atomic E-state index is -1.00. The Morgan fingerprint density at radius 3 is 2.94 bits per heavy atom. The van der Waals surface area contributed by atoms with Gasteiger partial charge in [0.2, 0.25) is 10.9 Å². The number of carboxylic acid groups (broad SMARTS) is 1. The number of aromatic nitrogens is 1. The molecule has 0 spiro atoms. The van der Waals surface area contributed by atoms with Gasteiger partial charge < -0.3 is 10.0 Å². The van der Waals surface area contributed by atoms with Crippen LogP contribution in [0.1, 0.15) is 15.5 Å². The number of thiazole rings is 1. The van der Waals surface area contributed by atoms with Crippen LogP contribution in [0.4, 0.5) is 0 Å². The highest BCUT2D eigenvalue weighted by molar-refractivity contribution is 7.11. The van der Waals surface area contributed by atoms with Crippen LogP contribution in [-0.4, -0.2) is 58.4 Å². The van der Waals surface area contributed by atoms with Crippen molar-refractivity contribution in [2.45, 2.75) is 6.54 Å². The Bertz CT molecular complexity index is 446. The molecule has 1 N–H and O–H groups in total. The topological polar surface area (TPSA) is 73.7 Å². The van der Waals surface area contributed by atoms with Crippen LogP contribution in [0.25, 0.3) is 0 Å². The third kappa shape index (κ3) is 2.80. The van der Waals surface area contributed by atoms with E-state index in [2.05, 4.69) is 4.98 Å². The predicted molar refractivity (Wildman–Crippen MR) is 62.0 cm³/mol. The minimum Gasteiger partial charge on any atom is -0.476 e. The summed E-state index contributed by atoms with van der Waals surface area (Å²) in [6.07, 6.45) is 0. The summed E-state index contributed by atoms with van der Waals surface area (Å²) in [4.78, 5) is 29.8. The fourth-order valence-corrected chi connectivity index (χ4v) is 2.29. The largest absolute Gasteiger partial charge is 0.476 e. The van der Waals surface area contributed by atoms with E-state index in [1.54, 1.807) is 17.3 Å². The van der Waals surface area contributed by atoms with Crippen molar-refractivity contribution in [1.29, 1.82) is 0 Å². The molecule has 2 heterocycles. The first-order chi connectivity index (χ1) is 8.06. The Labute approximate surface area is 102 Å². The number of rotatable bonds is 3. The summed E-state index contributed by atoms with van der Waals surface area (Å²) in [5.74, 6) is -0.916. The number of hydrogen-bond donors (Lipinski definition) is 1. The Balaban J connectivity index is 1.96. The second-order valence-electron chi connectivity index (χ2n) is 3.98. The normalized spacial score (nSPS) is 17.5. The van der Waals surface area contributed by atoms with Crippen molar-refractivity contribution < 1.29 is 14.7 Å². The lowest BCUT2D eigenvalue weighted by Gasteiger charge is -2.31. The number of nitrogens with zero attached hydrogens (tertiary/aromatic N) is 3. The van der Waals surface area contributed by atoms with Gasteiger partial charge in [-0.15, -0.1) is 11.3 Å². The summed E-state index contributed by atoms with van der Waals surface area (Å²) in [5, 5.41) is 10.6. The smallest absolute Gasteiger partial charge is 0.365 e. The van der Waals surface area contributed by atoms with E-state index in [0.717, 1.165) is 17.9 Å². The summed E-state index contributed by atoms with van der Waals surface area (Å²) in [6.45, 7) is 2.40. The molecule has 0 saturated carbocycles. The molecule has 92 valence electrons. The van der Waals surface area contributed by atoms with Crippen molar-refractivity contribution >= 4 is 23.2 Å². The SMILES string of the molecule is CN1CCN(Cc2csc(C(=O)O)n2)CC1=O. The number of carbonyl (C=O) groups excluding carboxylic acids is 1. The molecule has 1 aromatic heterocycles. The van der Waals surface area contributed by atoms with Gasteiger partial charge in [0, 0.05) is 32.1 Å². The van der Waals surface area contributed by atoms with Crippen LogP contribution in [0, 0.1) is 0 Å². The van der Waals surface area contributed by atoms with Gasteiger partial charge in [-0.3, -0.25) is 9.69 Å². The standard InChI is InChI=1S/C10H13N3O3S/c1-12-2-3-13(5-8(12)14)4-7-6-17-9(11-7)10(15)16/h6H,2-5H2,1H3,(H,15,16). The fraction of sp³-hybridized carbons (Fsp3) is 0.500. The Morgan fingerprint density at radius 2 is 2.35 bits per heavy atom. The van der Waals surface area contributed by atoms with Gasteiger partial charge in [-0.25, -0.2) is 9.78 Å². The zero-order chi connectivity index (χ0) is 12.4. The van der Waals surface area contributed by atoms with Crippen molar-refractivity contribution in [2.24, 2.45) is 0 Å². The highest BCUT2D eigenvalue weighted by Gasteiger charge is 2.21. The zero-order valence-corrected chi connectivity index (χ0v) is 10.2. The Morgan fingerprint density at radius 1 is 1.59 bits per heavy atom. The molecule has 7 heteroatoms. The first-order valence-electron chi connectivity index (χ1n) is 5.20. The van der Waals surface area contributed by atoms with E-state index >= 15 is 0 Å². The molecular weight excluding hydrogens is 242 g/mol. The maximum Gasteiger partial charge on any atom is 0.365 e. The average Bonchev–Trinajstić information content (AvgIpc) is 2.72. The van der Waals surface area contributed by atoms with Crippen LogP contribution < -0.4 is 0 Å². The van der Waals surface area contributed by atoms with Gasteiger partial charge in [-0.2, -0.15) is 0 Å². The quantitative estimate of drug-likeness (QED) is 0.830. The van der Waals surface area contributed by atoms with E-state index in [-0.39, 0.29) is 10.9 Å². The van der Waals surface area contributed by atoms with Crippen molar-refractivity contribution in [3.05, 3.63) is 16.1 Å². The van der Waals surface area contributed by atoms with Gasteiger partial charge in [0.1, 0.15) is 0 Å². The second kappa shape index (κ2) is 4.80. The van der Waals surface area contributed by atoms with Gasteiger partial charge in [0.25, 0.3) is 0 Å². The maximum atomic E-state index is 11.5. The maximum absolute atomic E-state index is 11.5. The molecule has 6 nitrogen and oxygen atoms in total. The lowest BCUT2D eigenvalue weighted by molar-refractivity contribution is -0.134. The molecule has 0 unspecified atom stereocenters. The molecule has 0 aromatic carbocycles. The lowest BCUT2D eigenvalue weighted by atomic mass is 10.3. The van der Waals surface area contributed by atoms with Crippen molar-refractivity contribution in [2.75, 3.05) is 26.7 Å². The number of aromatic carboxylic acids is 1. The van der Waals surface area contributed by atoms with Crippen LogP contribution >= 0.6 is 11.3 Å². The number of amides is 1. The van der Waals surface area contributed by atoms with E-state index in [1.807, 2.05) is 4.90 Å². The number of piperazine rings is 1. The molecule has 0 bridgehead atoms. The highest BCUT2D eigenvalue weighted by atomic mass is 32.1. The predicted octanol–water partition coefficient (Wildman–Crippen LogP) is 0.115. The van der Waals surface area contributed by atoms with Crippen LogP contribution in [0.2, 0.25) is 0 Å². The van der Waals surface area contributed by atoms with Gasteiger partial charge >= 0.3 is 5.97 Å². The van der Waals surface area contributed by atoms with E-state index < -0.39 is 5.97 Å². The first-order valence-corrected chi connectivity index (χ1v) is 6.08. The molecule has 1 aromatic rings. The average molecular weight is 255 g/mol. The molecule has 1 aliphatic rings. The summed E-state index contributed by atoms with van der Waals surface area (Å²) < 4.78 is 0. The summed E-state index contributed by atoms with van der Waals surface area (Å²) >= 11 is 1.11. The van der Waals surface area contributed by atoms with Gasteiger partial charge in [0.15, 0.2) is 0 Å². The molecule has 0 atom stereocenters. The number of carbonyl (C=O) groups is 2. The number of hydrogen-bond acceptors (Lipinski definition) is 5. The summed E-state index contributed by atoms with van der Waals surface area (Å²) in [7, 11) is 1.78. The van der Waals surface area contributed by atoms with Crippen LogP contribution in [0.15, 0.2) is 5.38 Å². The lowest BCUT2D eigenvalue weighted by Crippen LogP contribution is -2.48.